The van der Waals surface area contributed by atoms with Gasteiger partial charge < -0.3 is 10.5 Å². The summed E-state index contributed by atoms with van der Waals surface area (Å²) in [7, 11) is 0. The van der Waals surface area contributed by atoms with Crippen molar-refractivity contribution in [2.24, 2.45) is 5.73 Å². The number of benzene rings is 1. The van der Waals surface area contributed by atoms with Gasteiger partial charge in [-0.05, 0) is 17.7 Å². The Labute approximate surface area is 102 Å². The Morgan fingerprint density at radius 2 is 2.00 bits per heavy atom. The number of ether oxygens (including phenoxy) is 1. The van der Waals surface area contributed by atoms with E-state index in [9.17, 15) is 4.39 Å². The average molecular weight is 254 g/mol. The van der Waals surface area contributed by atoms with Crippen LogP contribution in [0.4, 0.5) is 4.39 Å². The van der Waals surface area contributed by atoms with Crippen LogP contribution in [0.2, 0.25) is 5.02 Å². The van der Waals surface area contributed by atoms with E-state index in [0.717, 1.165) is 0 Å². The summed E-state index contributed by atoms with van der Waals surface area (Å²) in [5.41, 5.74) is 6.08. The van der Waals surface area contributed by atoms with Gasteiger partial charge in [-0.2, -0.15) is 0 Å². The molecule has 1 aromatic carbocycles. The molecule has 2 aromatic rings. The first-order valence-corrected chi connectivity index (χ1v) is 5.20. The number of aromatic nitrogens is 2. The van der Waals surface area contributed by atoms with Crippen molar-refractivity contribution in [1.82, 2.24) is 9.97 Å². The number of halogens is 2. The molecule has 0 bridgehead atoms. The van der Waals surface area contributed by atoms with Crippen molar-refractivity contribution < 1.29 is 9.13 Å². The van der Waals surface area contributed by atoms with E-state index >= 15 is 0 Å². The van der Waals surface area contributed by atoms with E-state index in [1.807, 2.05) is 0 Å². The molecule has 1 heterocycles. The second-order valence-corrected chi connectivity index (χ2v) is 3.69. The Kier molecular flexibility index (Phi) is 3.51. The molecule has 0 aliphatic carbocycles. The van der Waals surface area contributed by atoms with Gasteiger partial charge in [-0.15, -0.1) is 0 Å². The summed E-state index contributed by atoms with van der Waals surface area (Å²) in [6, 6.07) is 4.50. The van der Waals surface area contributed by atoms with E-state index in [1.165, 1.54) is 24.5 Å². The minimum atomic E-state index is -0.508. The lowest BCUT2D eigenvalue weighted by Gasteiger charge is -2.05. The summed E-state index contributed by atoms with van der Waals surface area (Å²) in [6.07, 6.45) is 2.74. The molecule has 2 N–H and O–H groups in total. The molecular formula is C11H9ClFN3O. The largest absolute Gasteiger partial charge is 0.421 e. The Bertz CT molecular complexity index is 519. The zero-order valence-corrected chi connectivity index (χ0v) is 9.49. The van der Waals surface area contributed by atoms with Gasteiger partial charge in [0, 0.05) is 6.54 Å². The summed E-state index contributed by atoms with van der Waals surface area (Å²) >= 11 is 5.62. The van der Waals surface area contributed by atoms with E-state index in [2.05, 4.69) is 9.97 Å². The quantitative estimate of drug-likeness (QED) is 0.913. The Morgan fingerprint density at radius 1 is 1.29 bits per heavy atom. The van der Waals surface area contributed by atoms with Crippen LogP contribution in [0.5, 0.6) is 11.8 Å². The minimum absolute atomic E-state index is 0.0359. The van der Waals surface area contributed by atoms with Crippen molar-refractivity contribution in [3.05, 3.63) is 47.0 Å². The van der Waals surface area contributed by atoms with E-state index in [-0.39, 0.29) is 18.3 Å². The Hall–Kier alpha value is -1.72. The molecule has 0 unspecified atom stereocenters. The third-order valence-electron chi connectivity index (χ3n) is 2.03. The van der Waals surface area contributed by atoms with Crippen molar-refractivity contribution in [3.63, 3.8) is 0 Å². The van der Waals surface area contributed by atoms with Crippen LogP contribution in [-0.2, 0) is 6.54 Å². The molecule has 0 saturated heterocycles. The zero-order valence-electron chi connectivity index (χ0n) is 8.73. The van der Waals surface area contributed by atoms with Gasteiger partial charge in [0.1, 0.15) is 0 Å². The SMILES string of the molecule is NCc1ccc(Oc2ncc(Cl)cn2)c(F)c1. The minimum Gasteiger partial charge on any atom is -0.421 e. The standard InChI is InChI=1S/C11H9ClFN3O/c12-8-5-15-11(16-6-8)17-10-2-1-7(4-14)3-9(10)13/h1-3,5-6H,4,14H2. The molecule has 0 fully saturated rings. The maximum atomic E-state index is 13.5. The molecule has 0 aliphatic rings. The zero-order chi connectivity index (χ0) is 12.3. The average Bonchev–Trinajstić information content (AvgIpc) is 2.34. The summed E-state index contributed by atoms with van der Waals surface area (Å²) in [4.78, 5) is 7.60. The normalized spacial score (nSPS) is 10.3. The topological polar surface area (TPSA) is 61.0 Å². The lowest BCUT2D eigenvalue weighted by atomic mass is 10.2. The molecule has 0 radical (unpaired) electrons. The highest BCUT2D eigenvalue weighted by atomic mass is 35.5. The van der Waals surface area contributed by atoms with Gasteiger partial charge >= 0.3 is 6.01 Å². The first-order chi connectivity index (χ1) is 8.19. The van der Waals surface area contributed by atoms with Crippen LogP contribution in [0.1, 0.15) is 5.56 Å². The van der Waals surface area contributed by atoms with Crippen LogP contribution in [0.15, 0.2) is 30.6 Å². The molecule has 0 amide bonds. The van der Waals surface area contributed by atoms with Crippen molar-refractivity contribution in [2.75, 3.05) is 0 Å². The van der Waals surface area contributed by atoms with E-state index in [1.54, 1.807) is 6.07 Å². The molecule has 0 spiro atoms. The molecule has 1 aromatic heterocycles. The van der Waals surface area contributed by atoms with Crippen LogP contribution in [0.25, 0.3) is 0 Å². The molecule has 0 atom stereocenters. The van der Waals surface area contributed by atoms with Gasteiger partial charge in [0.2, 0.25) is 0 Å². The van der Waals surface area contributed by atoms with E-state index in [4.69, 9.17) is 22.1 Å². The van der Waals surface area contributed by atoms with Gasteiger partial charge in [0.25, 0.3) is 0 Å². The fraction of sp³-hybridized carbons (Fsp3) is 0.0909. The number of rotatable bonds is 3. The smallest absolute Gasteiger partial charge is 0.322 e. The Balaban J connectivity index is 2.21. The molecule has 2 rings (SSSR count). The first-order valence-electron chi connectivity index (χ1n) is 4.83. The highest BCUT2D eigenvalue weighted by Crippen LogP contribution is 2.22. The third kappa shape index (κ3) is 2.89. The summed E-state index contributed by atoms with van der Waals surface area (Å²) in [6.45, 7) is 0.272. The van der Waals surface area contributed by atoms with Crippen LogP contribution in [-0.4, -0.2) is 9.97 Å². The van der Waals surface area contributed by atoms with Gasteiger partial charge in [-0.25, -0.2) is 14.4 Å². The van der Waals surface area contributed by atoms with Gasteiger partial charge in [-0.3, -0.25) is 0 Å². The molecular weight excluding hydrogens is 245 g/mol. The maximum absolute atomic E-state index is 13.5. The van der Waals surface area contributed by atoms with Gasteiger partial charge in [0.05, 0.1) is 17.4 Å². The maximum Gasteiger partial charge on any atom is 0.322 e. The van der Waals surface area contributed by atoms with E-state index in [0.29, 0.717) is 10.6 Å². The van der Waals surface area contributed by atoms with Crippen LogP contribution in [0.3, 0.4) is 0 Å². The molecule has 88 valence electrons. The lowest BCUT2D eigenvalue weighted by Crippen LogP contribution is -1.98. The fourth-order valence-electron chi connectivity index (χ4n) is 1.21. The van der Waals surface area contributed by atoms with Crippen LogP contribution in [0, 0.1) is 5.82 Å². The number of hydrogen-bond acceptors (Lipinski definition) is 4. The summed E-state index contributed by atoms with van der Waals surface area (Å²) < 4.78 is 18.7. The van der Waals surface area contributed by atoms with Gasteiger partial charge in [0.15, 0.2) is 11.6 Å². The number of nitrogens with two attached hydrogens (primary N) is 1. The second-order valence-electron chi connectivity index (χ2n) is 3.25. The van der Waals surface area contributed by atoms with Crippen LogP contribution >= 0.6 is 11.6 Å². The van der Waals surface area contributed by atoms with E-state index < -0.39 is 5.82 Å². The lowest BCUT2D eigenvalue weighted by molar-refractivity contribution is 0.410. The molecule has 4 nitrogen and oxygen atoms in total. The Morgan fingerprint density at radius 3 is 2.59 bits per heavy atom. The van der Waals surface area contributed by atoms with Crippen molar-refractivity contribution >= 4 is 11.6 Å². The molecule has 0 aliphatic heterocycles. The molecule has 17 heavy (non-hydrogen) atoms. The molecule has 6 heteroatoms. The highest BCUT2D eigenvalue weighted by molar-refractivity contribution is 6.30. The number of hydrogen-bond donors (Lipinski definition) is 1. The summed E-state index contributed by atoms with van der Waals surface area (Å²) in [5, 5.41) is 0.385. The van der Waals surface area contributed by atoms with Gasteiger partial charge in [-0.1, -0.05) is 17.7 Å². The fourth-order valence-corrected chi connectivity index (χ4v) is 1.30. The highest BCUT2D eigenvalue weighted by Gasteiger charge is 2.07. The van der Waals surface area contributed by atoms with Crippen molar-refractivity contribution in [2.45, 2.75) is 6.54 Å². The third-order valence-corrected chi connectivity index (χ3v) is 2.23. The second kappa shape index (κ2) is 5.07. The predicted octanol–water partition coefficient (Wildman–Crippen LogP) is 2.52. The monoisotopic (exact) mass is 253 g/mol. The first kappa shape index (κ1) is 11.8. The summed E-state index contributed by atoms with van der Waals surface area (Å²) in [5.74, 6) is -0.462. The van der Waals surface area contributed by atoms with Crippen molar-refractivity contribution in [1.29, 1.82) is 0 Å². The number of nitrogens with zero attached hydrogens (tertiary/aromatic N) is 2. The predicted molar refractivity (Wildman–Crippen MR) is 61.4 cm³/mol. The van der Waals surface area contributed by atoms with Crippen molar-refractivity contribution in [3.8, 4) is 11.8 Å². The van der Waals surface area contributed by atoms with Crippen LogP contribution < -0.4 is 10.5 Å². The molecule has 0 saturated carbocycles.